The monoisotopic (exact) mass is 274 g/mol. The van der Waals surface area contributed by atoms with Crippen LogP contribution >= 0.6 is 11.6 Å². The number of carbonyl (C=O) groups is 1. The number of ether oxygens (including phenoxy) is 1. The predicted octanol–water partition coefficient (Wildman–Crippen LogP) is 3.70. The van der Waals surface area contributed by atoms with Crippen molar-refractivity contribution < 1.29 is 9.53 Å². The number of benzene rings is 2. The van der Waals surface area contributed by atoms with Gasteiger partial charge in [0.2, 0.25) is 0 Å². The number of ketones is 1. The molecule has 19 heavy (non-hydrogen) atoms. The van der Waals surface area contributed by atoms with Gasteiger partial charge in [-0.1, -0.05) is 41.9 Å². The minimum absolute atomic E-state index is 0.159. The second-order valence-electron chi connectivity index (χ2n) is 4.33. The number of carbonyl (C=O) groups excluding carboxylic acids is 1. The zero-order valence-corrected chi connectivity index (χ0v) is 11.5. The summed E-state index contributed by atoms with van der Waals surface area (Å²) in [6.07, 6.45) is 0.794. The van der Waals surface area contributed by atoms with E-state index in [-0.39, 0.29) is 5.78 Å². The van der Waals surface area contributed by atoms with Crippen LogP contribution in [0.2, 0.25) is 5.02 Å². The highest BCUT2D eigenvalue weighted by molar-refractivity contribution is 6.30. The minimum Gasteiger partial charge on any atom is -0.496 e. The van der Waals surface area contributed by atoms with Crippen molar-refractivity contribution in [1.29, 1.82) is 0 Å². The molecule has 98 valence electrons. The number of para-hydroxylation sites is 1. The first-order chi connectivity index (χ1) is 9.19. The van der Waals surface area contributed by atoms with Crippen molar-refractivity contribution in [1.82, 2.24) is 0 Å². The molecule has 0 aliphatic carbocycles. The van der Waals surface area contributed by atoms with Gasteiger partial charge in [0, 0.05) is 23.4 Å². The first-order valence-electron chi connectivity index (χ1n) is 6.07. The van der Waals surface area contributed by atoms with Gasteiger partial charge in [-0.3, -0.25) is 4.79 Å². The summed E-state index contributed by atoms with van der Waals surface area (Å²) in [7, 11) is 1.61. The molecule has 0 heterocycles. The quantitative estimate of drug-likeness (QED) is 0.831. The van der Waals surface area contributed by atoms with E-state index >= 15 is 0 Å². The van der Waals surface area contributed by atoms with Gasteiger partial charge in [0.05, 0.1) is 7.11 Å². The molecule has 0 aliphatic rings. The molecule has 0 amide bonds. The van der Waals surface area contributed by atoms with Gasteiger partial charge in [-0.05, 0) is 23.8 Å². The van der Waals surface area contributed by atoms with Crippen molar-refractivity contribution in [3.8, 4) is 5.75 Å². The lowest BCUT2D eigenvalue weighted by molar-refractivity contribution is -0.117. The fourth-order valence-electron chi connectivity index (χ4n) is 1.95. The summed E-state index contributed by atoms with van der Waals surface area (Å²) in [5, 5.41) is 0.681. The third-order valence-electron chi connectivity index (χ3n) is 2.89. The van der Waals surface area contributed by atoms with E-state index in [0.29, 0.717) is 17.9 Å². The molecule has 0 aliphatic heterocycles. The van der Waals surface area contributed by atoms with Crippen LogP contribution in [0.5, 0.6) is 5.75 Å². The molecule has 0 unspecified atom stereocenters. The summed E-state index contributed by atoms with van der Waals surface area (Å²) in [4.78, 5) is 12.0. The van der Waals surface area contributed by atoms with E-state index in [1.165, 1.54) is 0 Å². The van der Waals surface area contributed by atoms with E-state index in [1.54, 1.807) is 19.2 Å². The molecule has 0 spiro atoms. The van der Waals surface area contributed by atoms with Crippen molar-refractivity contribution in [2.45, 2.75) is 12.8 Å². The summed E-state index contributed by atoms with van der Waals surface area (Å²) in [6, 6.07) is 14.9. The van der Waals surface area contributed by atoms with Crippen LogP contribution in [0, 0.1) is 0 Å². The van der Waals surface area contributed by atoms with E-state index in [9.17, 15) is 4.79 Å². The van der Waals surface area contributed by atoms with Crippen molar-refractivity contribution >= 4 is 17.4 Å². The average Bonchev–Trinajstić information content (AvgIpc) is 2.42. The molecule has 3 heteroatoms. The van der Waals surface area contributed by atoms with Crippen molar-refractivity contribution in [2.75, 3.05) is 7.11 Å². The van der Waals surface area contributed by atoms with Crippen LogP contribution in [-0.2, 0) is 17.6 Å². The molecular weight excluding hydrogens is 260 g/mol. The Labute approximate surface area is 118 Å². The molecule has 0 aromatic heterocycles. The van der Waals surface area contributed by atoms with Gasteiger partial charge in [-0.25, -0.2) is 0 Å². The van der Waals surface area contributed by atoms with E-state index < -0.39 is 0 Å². The number of rotatable bonds is 5. The lowest BCUT2D eigenvalue weighted by atomic mass is 10.0. The van der Waals surface area contributed by atoms with E-state index in [4.69, 9.17) is 16.3 Å². The fraction of sp³-hybridized carbons (Fsp3) is 0.188. The number of Topliss-reactive ketones (excluding diaryl/α,β-unsaturated/α-hetero) is 1. The first kappa shape index (κ1) is 13.6. The Bertz CT molecular complexity index is 561. The molecule has 2 aromatic carbocycles. The average molecular weight is 275 g/mol. The largest absolute Gasteiger partial charge is 0.496 e. The van der Waals surface area contributed by atoms with E-state index in [1.807, 2.05) is 36.4 Å². The lowest BCUT2D eigenvalue weighted by Crippen LogP contribution is -2.07. The highest BCUT2D eigenvalue weighted by atomic mass is 35.5. The summed E-state index contributed by atoms with van der Waals surface area (Å²) in [6.45, 7) is 0. The summed E-state index contributed by atoms with van der Waals surface area (Å²) in [5.41, 5.74) is 1.90. The second kappa shape index (κ2) is 6.39. The fourth-order valence-corrected chi connectivity index (χ4v) is 2.08. The molecule has 0 bridgehead atoms. The van der Waals surface area contributed by atoms with Crippen LogP contribution in [-0.4, -0.2) is 12.9 Å². The van der Waals surface area contributed by atoms with Crippen molar-refractivity contribution in [2.24, 2.45) is 0 Å². The normalized spacial score (nSPS) is 10.2. The molecule has 0 radical (unpaired) electrons. The maximum absolute atomic E-state index is 12.0. The Morgan fingerprint density at radius 1 is 1.05 bits per heavy atom. The van der Waals surface area contributed by atoms with E-state index in [2.05, 4.69) is 0 Å². The van der Waals surface area contributed by atoms with Crippen LogP contribution in [0.15, 0.2) is 48.5 Å². The third-order valence-corrected chi connectivity index (χ3v) is 3.15. The third kappa shape index (κ3) is 3.83. The molecule has 2 aromatic rings. The topological polar surface area (TPSA) is 26.3 Å². The number of hydrogen-bond acceptors (Lipinski definition) is 2. The van der Waals surface area contributed by atoms with Gasteiger partial charge in [0.1, 0.15) is 11.5 Å². The van der Waals surface area contributed by atoms with Gasteiger partial charge in [-0.2, -0.15) is 0 Å². The maximum atomic E-state index is 12.0. The lowest BCUT2D eigenvalue weighted by Gasteiger charge is -2.07. The molecule has 0 fully saturated rings. The van der Waals surface area contributed by atoms with Crippen LogP contribution in [0.1, 0.15) is 11.1 Å². The second-order valence-corrected chi connectivity index (χ2v) is 4.77. The zero-order valence-electron chi connectivity index (χ0n) is 10.7. The number of halogens is 1. The van der Waals surface area contributed by atoms with Gasteiger partial charge >= 0.3 is 0 Å². The van der Waals surface area contributed by atoms with Gasteiger partial charge in [-0.15, -0.1) is 0 Å². The Morgan fingerprint density at radius 2 is 1.74 bits per heavy atom. The van der Waals surface area contributed by atoms with Gasteiger partial charge in [0.15, 0.2) is 0 Å². The molecule has 2 nitrogen and oxygen atoms in total. The molecule has 0 N–H and O–H groups in total. The van der Waals surface area contributed by atoms with Crippen LogP contribution < -0.4 is 4.74 Å². The van der Waals surface area contributed by atoms with Gasteiger partial charge in [0.25, 0.3) is 0 Å². The highest BCUT2D eigenvalue weighted by Crippen LogP contribution is 2.19. The first-order valence-corrected chi connectivity index (χ1v) is 6.45. The van der Waals surface area contributed by atoms with Crippen LogP contribution in [0.4, 0.5) is 0 Å². The molecule has 2 rings (SSSR count). The molecule has 0 saturated heterocycles. The van der Waals surface area contributed by atoms with Crippen molar-refractivity contribution in [3.05, 3.63) is 64.7 Å². The Morgan fingerprint density at radius 3 is 2.42 bits per heavy atom. The van der Waals surface area contributed by atoms with Gasteiger partial charge < -0.3 is 4.74 Å². The summed E-state index contributed by atoms with van der Waals surface area (Å²) in [5.74, 6) is 0.916. The minimum atomic E-state index is 0.159. The van der Waals surface area contributed by atoms with Crippen LogP contribution in [0.3, 0.4) is 0 Å². The number of hydrogen-bond donors (Lipinski definition) is 0. The Balaban J connectivity index is 2.03. The van der Waals surface area contributed by atoms with E-state index in [0.717, 1.165) is 16.9 Å². The summed E-state index contributed by atoms with van der Waals surface area (Å²) >= 11 is 5.82. The number of methoxy groups -OCH3 is 1. The SMILES string of the molecule is COc1ccccc1CC(=O)Cc1ccc(Cl)cc1. The smallest absolute Gasteiger partial charge is 0.141 e. The van der Waals surface area contributed by atoms with Crippen molar-refractivity contribution in [3.63, 3.8) is 0 Å². The standard InChI is InChI=1S/C16H15ClO2/c1-19-16-5-3-2-4-13(16)11-15(18)10-12-6-8-14(17)9-7-12/h2-9H,10-11H2,1H3. The highest BCUT2D eigenvalue weighted by Gasteiger charge is 2.09. The zero-order chi connectivity index (χ0) is 13.7. The molecule has 0 saturated carbocycles. The maximum Gasteiger partial charge on any atom is 0.141 e. The molecule has 0 atom stereocenters. The molecular formula is C16H15ClO2. The predicted molar refractivity (Wildman–Crippen MR) is 76.9 cm³/mol. The Kier molecular flexibility index (Phi) is 4.58. The summed E-state index contributed by atoms with van der Waals surface area (Å²) < 4.78 is 5.24. The Hall–Kier alpha value is -1.80. The van der Waals surface area contributed by atoms with Crippen LogP contribution in [0.25, 0.3) is 0 Å².